The Labute approximate surface area is 189 Å². The first-order valence-electron chi connectivity index (χ1n) is 11.7. The highest BCUT2D eigenvalue weighted by atomic mass is 19.1. The number of piperidine rings is 1. The molecule has 0 radical (unpaired) electrons. The van der Waals surface area contributed by atoms with Crippen LogP contribution >= 0.6 is 0 Å². The molecule has 1 aromatic heterocycles. The van der Waals surface area contributed by atoms with Gasteiger partial charge in [-0.3, -0.25) is 9.48 Å². The Hall–Kier alpha value is -2.72. The Morgan fingerprint density at radius 2 is 2.19 bits per heavy atom. The summed E-state index contributed by atoms with van der Waals surface area (Å²) < 4.78 is 16.9. The van der Waals surface area contributed by atoms with Gasteiger partial charge in [-0.15, -0.1) is 0 Å². The fourth-order valence-corrected chi connectivity index (χ4v) is 5.02. The van der Waals surface area contributed by atoms with Crippen LogP contribution in [0.5, 0.6) is 0 Å². The lowest BCUT2D eigenvalue weighted by atomic mass is 9.98. The van der Waals surface area contributed by atoms with Gasteiger partial charge in [0.25, 0.3) is 0 Å². The average Bonchev–Trinajstić information content (AvgIpc) is 3.49. The number of rotatable bonds is 8. The van der Waals surface area contributed by atoms with Crippen molar-refractivity contribution in [2.24, 2.45) is 11.8 Å². The number of aromatic nitrogens is 2. The number of carbonyl (C=O) groups is 1. The van der Waals surface area contributed by atoms with E-state index in [0.29, 0.717) is 29.0 Å². The maximum Gasteiger partial charge on any atom is 0.238 e. The molecule has 2 bridgehead atoms. The Morgan fingerprint density at radius 1 is 1.38 bits per heavy atom. The molecule has 4 rings (SSSR count). The molecule has 6 nitrogen and oxygen atoms in total. The molecule has 0 unspecified atom stereocenters. The molecule has 32 heavy (non-hydrogen) atoms. The summed E-state index contributed by atoms with van der Waals surface area (Å²) >= 11 is 0. The molecular weight excluding hydrogens is 405 g/mol. The molecule has 2 N–H and O–H groups in total. The number of benzene rings is 1. The number of fused-ring (bicyclic) bond motifs is 2. The Bertz CT molecular complexity index is 1020. The molecule has 1 amide bonds. The Morgan fingerprint density at radius 3 is 2.78 bits per heavy atom. The third kappa shape index (κ3) is 4.71. The molecule has 7 heteroatoms. The van der Waals surface area contributed by atoms with Crippen LogP contribution < -0.4 is 10.6 Å². The van der Waals surface area contributed by atoms with Crippen molar-refractivity contribution in [2.45, 2.75) is 77.5 Å². The first-order chi connectivity index (χ1) is 15.4. The van der Waals surface area contributed by atoms with Gasteiger partial charge in [0, 0.05) is 30.3 Å². The number of nitriles is 1. The van der Waals surface area contributed by atoms with Gasteiger partial charge in [0.2, 0.25) is 5.91 Å². The minimum absolute atomic E-state index is 0.136. The largest absolute Gasteiger partial charge is 0.339 e. The number of amides is 1. The van der Waals surface area contributed by atoms with Crippen molar-refractivity contribution >= 4 is 5.91 Å². The normalized spacial score (nSPS) is 22.8. The van der Waals surface area contributed by atoms with E-state index in [1.807, 2.05) is 16.8 Å². The summed E-state index contributed by atoms with van der Waals surface area (Å²) in [4.78, 5) is 12.6. The zero-order chi connectivity index (χ0) is 22.8. The summed E-state index contributed by atoms with van der Waals surface area (Å²) in [5, 5.41) is 20.4. The minimum Gasteiger partial charge on any atom is -0.339 e. The van der Waals surface area contributed by atoms with Crippen LogP contribution in [0, 0.1) is 29.0 Å². The highest BCUT2D eigenvalue weighted by Gasteiger charge is 2.43. The van der Waals surface area contributed by atoms with Crippen LogP contribution in [-0.4, -0.2) is 33.8 Å². The van der Waals surface area contributed by atoms with E-state index in [4.69, 9.17) is 0 Å². The summed E-state index contributed by atoms with van der Waals surface area (Å²) in [6, 6.07) is 8.57. The van der Waals surface area contributed by atoms with Crippen molar-refractivity contribution in [3.8, 4) is 17.3 Å². The van der Waals surface area contributed by atoms with Gasteiger partial charge in [0.1, 0.15) is 11.9 Å². The second-order valence-electron chi connectivity index (χ2n) is 9.57. The third-order valence-corrected chi connectivity index (χ3v) is 6.65. The predicted octanol–water partition coefficient (Wildman–Crippen LogP) is 3.60. The molecule has 2 aliphatic rings. The number of hydrogen-bond donors (Lipinski definition) is 2. The van der Waals surface area contributed by atoms with E-state index in [-0.39, 0.29) is 24.2 Å². The molecule has 2 fully saturated rings. The van der Waals surface area contributed by atoms with E-state index in [1.54, 1.807) is 6.07 Å². The minimum atomic E-state index is -0.763. The van der Waals surface area contributed by atoms with E-state index in [1.165, 1.54) is 6.07 Å². The van der Waals surface area contributed by atoms with Crippen LogP contribution in [0.3, 0.4) is 0 Å². The molecule has 170 valence electrons. The second kappa shape index (κ2) is 9.41. The van der Waals surface area contributed by atoms with Crippen LogP contribution in [0.1, 0.15) is 51.3 Å². The van der Waals surface area contributed by atoms with E-state index in [2.05, 4.69) is 42.6 Å². The summed E-state index contributed by atoms with van der Waals surface area (Å²) in [5.74, 6) is 0.286. The standard InChI is InChI=1S/C25H32FN5O/c1-4-21-12-23(30-31(21)14-15(2)3)17-6-5-16(22(26)11-17)9-20(13-27)29-25(32)24-18-7-8-19(10-18)28-24/h5-6,11-12,15,18-20,24,28H,4,7-10,14H2,1-3H3,(H,29,32)/t18-,19+,20-,24-/m0/s1. The van der Waals surface area contributed by atoms with E-state index in [0.717, 1.165) is 43.6 Å². The number of aryl methyl sites for hydroxylation is 1. The van der Waals surface area contributed by atoms with E-state index in [9.17, 15) is 14.4 Å². The van der Waals surface area contributed by atoms with Crippen molar-refractivity contribution in [1.82, 2.24) is 20.4 Å². The number of hydrogen-bond acceptors (Lipinski definition) is 4. The first kappa shape index (κ1) is 22.5. The SMILES string of the molecule is CCc1cc(-c2ccc(C[C@@H](C#N)NC(=O)[C@H]3N[C@@H]4CC[C@H]3C4)c(F)c2)nn1CC(C)C. The monoisotopic (exact) mass is 437 g/mol. The smallest absolute Gasteiger partial charge is 0.238 e. The van der Waals surface area contributed by atoms with Crippen molar-refractivity contribution in [2.75, 3.05) is 0 Å². The van der Waals surface area contributed by atoms with Gasteiger partial charge in [-0.25, -0.2) is 4.39 Å². The maximum atomic E-state index is 14.9. The van der Waals surface area contributed by atoms with Gasteiger partial charge in [0.15, 0.2) is 0 Å². The van der Waals surface area contributed by atoms with Crippen LogP contribution in [-0.2, 0) is 24.2 Å². The van der Waals surface area contributed by atoms with Crippen molar-refractivity contribution < 1.29 is 9.18 Å². The highest BCUT2D eigenvalue weighted by molar-refractivity contribution is 5.83. The van der Waals surface area contributed by atoms with Gasteiger partial charge in [-0.1, -0.05) is 32.9 Å². The Kier molecular flexibility index (Phi) is 6.61. The van der Waals surface area contributed by atoms with E-state index >= 15 is 0 Å². The fraction of sp³-hybridized carbons (Fsp3) is 0.560. The van der Waals surface area contributed by atoms with Gasteiger partial charge < -0.3 is 10.6 Å². The summed E-state index contributed by atoms with van der Waals surface area (Å²) in [5.41, 5.74) is 3.01. The van der Waals surface area contributed by atoms with Crippen LogP contribution in [0.15, 0.2) is 24.3 Å². The van der Waals surface area contributed by atoms with Crippen molar-refractivity contribution in [1.29, 1.82) is 5.26 Å². The fourth-order valence-electron chi connectivity index (χ4n) is 5.02. The topological polar surface area (TPSA) is 82.7 Å². The number of halogens is 1. The zero-order valence-electron chi connectivity index (χ0n) is 19.1. The average molecular weight is 438 g/mol. The second-order valence-corrected chi connectivity index (χ2v) is 9.57. The lowest BCUT2D eigenvalue weighted by Gasteiger charge is -2.23. The molecular formula is C25H32FN5O. The first-order valence-corrected chi connectivity index (χ1v) is 11.7. The lowest BCUT2D eigenvalue weighted by Crippen LogP contribution is -2.50. The molecule has 0 spiro atoms. The summed E-state index contributed by atoms with van der Waals surface area (Å²) in [6.07, 6.45) is 4.19. The zero-order valence-corrected chi connectivity index (χ0v) is 19.1. The number of carbonyl (C=O) groups excluding carboxylic acids is 1. The van der Waals surface area contributed by atoms with Gasteiger partial charge >= 0.3 is 0 Å². The van der Waals surface area contributed by atoms with Crippen molar-refractivity contribution in [3.63, 3.8) is 0 Å². The molecule has 1 aliphatic carbocycles. The highest BCUT2D eigenvalue weighted by Crippen LogP contribution is 2.35. The Balaban J connectivity index is 1.44. The van der Waals surface area contributed by atoms with E-state index < -0.39 is 6.04 Å². The summed E-state index contributed by atoms with van der Waals surface area (Å²) in [7, 11) is 0. The molecule has 1 saturated heterocycles. The van der Waals surface area contributed by atoms with Gasteiger partial charge in [0.05, 0.1) is 17.8 Å². The molecule has 1 aromatic carbocycles. The van der Waals surface area contributed by atoms with Crippen molar-refractivity contribution in [3.05, 3.63) is 41.3 Å². The maximum absolute atomic E-state index is 14.9. The summed E-state index contributed by atoms with van der Waals surface area (Å²) in [6.45, 7) is 7.20. The molecule has 1 saturated carbocycles. The number of nitrogens with one attached hydrogen (secondary N) is 2. The van der Waals surface area contributed by atoms with Crippen LogP contribution in [0.2, 0.25) is 0 Å². The molecule has 2 aromatic rings. The van der Waals surface area contributed by atoms with Gasteiger partial charge in [-0.05, 0) is 55.2 Å². The third-order valence-electron chi connectivity index (χ3n) is 6.65. The molecule has 1 aliphatic heterocycles. The predicted molar refractivity (Wildman–Crippen MR) is 121 cm³/mol. The van der Waals surface area contributed by atoms with Crippen LogP contribution in [0.4, 0.5) is 4.39 Å². The molecule has 2 heterocycles. The van der Waals surface area contributed by atoms with Gasteiger partial charge in [-0.2, -0.15) is 10.4 Å². The van der Waals surface area contributed by atoms with Crippen LogP contribution in [0.25, 0.3) is 11.3 Å². The molecule has 4 atom stereocenters. The number of nitrogens with zero attached hydrogens (tertiary/aromatic N) is 3. The lowest BCUT2D eigenvalue weighted by molar-refractivity contribution is -0.124. The quantitative estimate of drug-likeness (QED) is 0.661.